The van der Waals surface area contributed by atoms with Crippen molar-refractivity contribution in [2.45, 2.75) is 6.92 Å². The van der Waals surface area contributed by atoms with Crippen LogP contribution in [0, 0.1) is 0 Å². The Kier molecular flexibility index (Phi) is 166. The molecule has 0 spiro atoms. The van der Waals surface area contributed by atoms with Gasteiger partial charge in [-0.1, -0.05) is 0 Å². The molecule has 0 aromatic rings. The first kappa shape index (κ1) is 35.4. The van der Waals surface area contributed by atoms with Crippen LogP contribution in [0.3, 0.4) is 0 Å². The van der Waals surface area contributed by atoms with Crippen LogP contribution in [0.4, 0.5) is 0 Å². The summed E-state index contributed by atoms with van der Waals surface area (Å²) in [6, 6.07) is 0. The van der Waals surface area contributed by atoms with Crippen LogP contribution in [-0.2, 0) is 4.79 Å². The number of rotatable bonds is 0. The molecule has 0 rings (SSSR count). The van der Waals surface area contributed by atoms with E-state index in [-0.39, 0.29) is 41.9 Å². The van der Waals surface area contributed by atoms with E-state index < -0.39 is 5.97 Å². The molecule has 6 N–H and O–H groups in total. The van der Waals surface area contributed by atoms with Crippen molar-refractivity contribution in [3.05, 3.63) is 13.2 Å². The van der Waals surface area contributed by atoms with Gasteiger partial charge in [-0.25, -0.2) is 0 Å². The number of carboxylic acid groups (broad SMARTS) is 1. The van der Waals surface area contributed by atoms with E-state index in [1.807, 2.05) is 0 Å². The maximum atomic E-state index is 8.89. The average Bonchev–Trinajstić information content (AvgIpc) is 1.41. The van der Waals surface area contributed by atoms with Gasteiger partial charge in [0.2, 0.25) is 0 Å². The average molecular weight is 144 g/mol. The van der Waals surface area contributed by atoms with Crippen LogP contribution >= 0.6 is 0 Å². The summed E-state index contributed by atoms with van der Waals surface area (Å²) < 4.78 is 0. The fraction of sp³-hybridized carbons (Fsp3) is 0.250. The zero-order valence-electron chi connectivity index (χ0n) is 6.14. The fourth-order valence-corrected chi connectivity index (χ4v) is 0. The molecule has 0 bridgehead atoms. The van der Waals surface area contributed by atoms with Crippen molar-refractivity contribution in [1.82, 2.24) is 12.3 Å². The van der Waals surface area contributed by atoms with Crippen LogP contribution in [0.5, 0.6) is 0 Å². The van der Waals surface area contributed by atoms with Gasteiger partial charge in [-0.3, -0.25) is 0 Å². The summed E-state index contributed by atoms with van der Waals surface area (Å²) in [6.07, 6.45) is 0. The molecule has 4 nitrogen and oxygen atoms in total. The van der Waals surface area contributed by atoms with E-state index in [1.54, 1.807) is 0 Å². The van der Waals surface area contributed by atoms with Crippen LogP contribution in [0.2, 0.25) is 0 Å². The summed E-state index contributed by atoms with van der Waals surface area (Å²) in [6.45, 7) is 6.97. The predicted octanol–water partition coefficient (Wildman–Crippen LogP) is -3.11. The number of hydrogen-bond acceptors (Lipinski definition) is 4. The monoisotopic (exact) mass is 144 g/mol. The number of hydrogen-bond donors (Lipinski definition) is 2. The number of carbonyl (C=O) groups excluding carboxylic acids is 1. The second-order valence-electron chi connectivity index (χ2n) is 0.492. The maximum Gasteiger partial charge on any atom is 1.00 e. The van der Waals surface area contributed by atoms with Gasteiger partial charge in [-0.15, -0.1) is 13.2 Å². The molecule has 0 aliphatic rings. The van der Waals surface area contributed by atoms with Gasteiger partial charge in [0.15, 0.2) is 0 Å². The molecule has 5 heteroatoms. The Morgan fingerprint density at radius 2 is 1.33 bits per heavy atom. The standard InChI is InChI=1S/C2H4O2.C2H4.2H3N.Na/c1-2(3)4;1-2;;;/h1H3,(H,3,4);1-2H2;2*1H3;/q;;;;+1/p-1. The van der Waals surface area contributed by atoms with Crippen molar-refractivity contribution >= 4 is 5.97 Å². The largest absolute Gasteiger partial charge is 1.00 e. The summed E-state index contributed by atoms with van der Waals surface area (Å²) in [5.41, 5.74) is 0. The van der Waals surface area contributed by atoms with Crippen molar-refractivity contribution in [3.63, 3.8) is 0 Å². The zero-order valence-corrected chi connectivity index (χ0v) is 8.14. The van der Waals surface area contributed by atoms with Gasteiger partial charge < -0.3 is 22.2 Å². The van der Waals surface area contributed by atoms with Crippen LogP contribution in [-0.4, -0.2) is 5.97 Å². The Morgan fingerprint density at radius 1 is 1.33 bits per heavy atom. The quantitative estimate of drug-likeness (QED) is 0.277. The van der Waals surface area contributed by atoms with Crippen LogP contribution in [0.25, 0.3) is 0 Å². The Morgan fingerprint density at radius 3 is 1.33 bits per heavy atom. The molecule has 0 fully saturated rings. The third-order valence-corrected chi connectivity index (χ3v) is 0. The van der Waals surface area contributed by atoms with Gasteiger partial charge >= 0.3 is 29.6 Å². The van der Waals surface area contributed by atoms with E-state index in [4.69, 9.17) is 9.90 Å². The van der Waals surface area contributed by atoms with Crippen molar-refractivity contribution < 1.29 is 39.5 Å². The minimum Gasteiger partial charge on any atom is -0.550 e. The Hall–Kier alpha value is 0.130. The van der Waals surface area contributed by atoms with Gasteiger partial charge in [0, 0.05) is 5.97 Å². The van der Waals surface area contributed by atoms with Crippen LogP contribution < -0.4 is 47.0 Å². The molecule has 0 aliphatic carbocycles. The molecule has 0 radical (unpaired) electrons. The zero-order chi connectivity index (χ0) is 5.58. The van der Waals surface area contributed by atoms with Crippen molar-refractivity contribution in [3.8, 4) is 0 Å². The molecule has 0 atom stereocenters. The predicted molar refractivity (Wildman–Crippen MR) is 32.0 cm³/mol. The molecule has 0 amide bonds. The molecular weight excluding hydrogens is 131 g/mol. The number of carbonyl (C=O) groups is 1. The van der Waals surface area contributed by atoms with Gasteiger partial charge in [-0.2, -0.15) is 0 Å². The van der Waals surface area contributed by atoms with Crippen molar-refractivity contribution in [1.29, 1.82) is 0 Å². The molecular formula is C4H13N2NaO2. The minimum absolute atomic E-state index is 0. The smallest absolute Gasteiger partial charge is 0.550 e. The van der Waals surface area contributed by atoms with E-state index in [1.165, 1.54) is 0 Å². The van der Waals surface area contributed by atoms with E-state index in [0.29, 0.717) is 0 Å². The van der Waals surface area contributed by atoms with Crippen LogP contribution in [0.15, 0.2) is 13.2 Å². The number of aliphatic carboxylic acids is 1. The van der Waals surface area contributed by atoms with E-state index >= 15 is 0 Å². The van der Waals surface area contributed by atoms with Crippen LogP contribution in [0.1, 0.15) is 6.92 Å². The summed E-state index contributed by atoms with van der Waals surface area (Å²) in [7, 11) is 0. The molecule has 0 heterocycles. The fourth-order valence-electron chi connectivity index (χ4n) is 0. The first-order valence-corrected chi connectivity index (χ1v) is 1.41. The molecule has 0 saturated carbocycles. The SMILES string of the molecule is C=C.CC(=O)[O-].N.N.[Na+]. The second-order valence-corrected chi connectivity index (χ2v) is 0.492. The Balaban J connectivity index is -0.00000000990. The van der Waals surface area contributed by atoms with Gasteiger partial charge in [0.1, 0.15) is 0 Å². The van der Waals surface area contributed by atoms with E-state index in [2.05, 4.69) is 13.2 Å². The maximum absolute atomic E-state index is 8.89. The topological polar surface area (TPSA) is 110 Å². The van der Waals surface area contributed by atoms with Crippen molar-refractivity contribution in [2.24, 2.45) is 0 Å². The summed E-state index contributed by atoms with van der Waals surface area (Å²) >= 11 is 0. The summed E-state index contributed by atoms with van der Waals surface area (Å²) in [4.78, 5) is 8.89. The third kappa shape index (κ3) is 18100. The first-order valence-electron chi connectivity index (χ1n) is 1.41. The Labute approximate surface area is 77.8 Å². The normalized spacial score (nSPS) is 3.22. The van der Waals surface area contributed by atoms with Crippen molar-refractivity contribution in [2.75, 3.05) is 0 Å². The van der Waals surface area contributed by atoms with E-state index in [9.17, 15) is 0 Å². The second kappa shape index (κ2) is 42.2. The molecule has 52 valence electrons. The van der Waals surface area contributed by atoms with E-state index in [0.717, 1.165) is 6.92 Å². The van der Waals surface area contributed by atoms with Gasteiger partial charge in [0.25, 0.3) is 0 Å². The molecule has 0 aromatic heterocycles. The molecule has 0 aliphatic heterocycles. The first-order chi connectivity index (χ1) is 2.73. The molecule has 9 heavy (non-hydrogen) atoms. The summed E-state index contributed by atoms with van der Waals surface area (Å²) in [5.74, 6) is -1.08. The third-order valence-electron chi connectivity index (χ3n) is 0. The Bertz CT molecular complexity index is 47.8. The molecule has 0 saturated heterocycles. The number of carboxylic acids is 1. The molecule has 0 unspecified atom stereocenters. The van der Waals surface area contributed by atoms with Gasteiger partial charge in [0.05, 0.1) is 0 Å². The summed E-state index contributed by atoms with van der Waals surface area (Å²) in [5, 5.41) is 8.89. The minimum atomic E-state index is -1.08. The molecule has 0 aromatic carbocycles. The van der Waals surface area contributed by atoms with Gasteiger partial charge in [-0.05, 0) is 6.92 Å².